The van der Waals surface area contributed by atoms with Crippen molar-refractivity contribution >= 4 is 50.7 Å². The van der Waals surface area contributed by atoms with Crippen LogP contribution in [0.1, 0.15) is 38.3 Å². The molecule has 3 aromatic carbocycles. The van der Waals surface area contributed by atoms with Crippen LogP contribution in [-0.4, -0.2) is 43.8 Å². The smallest absolute Gasteiger partial charge is 0.264 e. The van der Waals surface area contributed by atoms with Gasteiger partial charge in [0.2, 0.25) is 11.8 Å². The van der Waals surface area contributed by atoms with Crippen molar-refractivity contribution in [2.24, 2.45) is 0 Å². The van der Waals surface area contributed by atoms with Gasteiger partial charge in [0.1, 0.15) is 12.6 Å². The molecule has 0 saturated heterocycles. The number of hydrogen-bond donors (Lipinski definition) is 1. The maximum atomic E-state index is 14.0. The molecule has 3 aromatic rings. The fourth-order valence-electron chi connectivity index (χ4n) is 3.97. The molecule has 3 rings (SSSR count). The fourth-order valence-corrected chi connectivity index (χ4v) is 5.87. The van der Waals surface area contributed by atoms with E-state index < -0.39 is 28.5 Å². The summed E-state index contributed by atoms with van der Waals surface area (Å²) in [6.07, 6.45) is 0.723. The van der Waals surface area contributed by atoms with Crippen molar-refractivity contribution in [1.82, 2.24) is 10.2 Å². The van der Waals surface area contributed by atoms with Crippen LogP contribution in [0.15, 0.2) is 77.7 Å². The molecule has 0 saturated carbocycles. The largest absolute Gasteiger partial charge is 0.352 e. The number of benzene rings is 3. The topological polar surface area (TPSA) is 86.8 Å². The van der Waals surface area contributed by atoms with Gasteiger partial charge in [0.15, 0.2) is 0 Å². The van der Waals surface area contributed by atoms with Crippen LogP contribution in [-0.2, 0) is 26.2 Å². The van der Waals surface area contributed by atoms with E-state index in [1.807, 2.05) is 45.0 Å². The molecule has 0 aliphatic heterocycles. The Morgan fingerprint density at radius 1 is 0.949 bits per heavy atom. The number of nitrogens with zero attached hydrogens (tertiary/aromatic N) is 2. The number of anilines is 1. The first-order valence-electron chi connectivity index (χ1n) is 12.6. The van der Waals surface area contributed by atoms with Crippen LogP contribution < -0.4 is 9.62 Å². The summed E-state index contributed by atoms with van der Waals surface area (Å²) in [5.74, 6) is -0.900. The Morgan fingerprint density at radius 3 is 2.26 bits per heavy atom. The Kier molecular flexibility index (Phi) is 10.4. The van der Waals surface area contributed by atoms with Gasteiger partial charge < -0.3 is 10.2 Å². The lowest BCUT2D eigenvalue weighted by atomic mass is 10.1. The third-order valence-corrected chi connectivity index (χ3v) is 9.00. The second-order valence-electron chi connectivity index (χ2n) is 9.40. The number of halogens is 2. The van der Waals surface area contributed by atoms with Crippen molar-refractivity contribution in [2.45, 2.75) is 57.6 Å². The lowest BCUT2D eigenvalue weighted by molar-refractivity contribution is -0.139. The molecule has 10 heteroatoms. The van der Waals surface area contributed by atoms with E-state index in [-0.39, 0.29) is 39.1 Å². The van der Waals surface area contributed by atoms with Crippen LogP contribution in [0.5, 0.6) is 0 Å². The Labute approximate surface area is 240 Å². The zero-order chi connectivity index (χ0) is 28.7. The van der Waals surface area contributed by atoms with E-state index in [0.29, 0.717) is 0 Å². The first-order chi connectivity index (χ1) is 18.4. The van der Waals surface area contributed by atoms with Gasteiger partial charge >= 0.3 is 0 Å². The Balaban J connectivity index is 2.06. The van der Waals surface area contributed by atoms with Gasteiger partial charge in [-0.3, -0.25) is 13.9 Å². The number of aryl methyl sites for hydroxylation is 1. The van der Waals surface area contributed by atoms with Gasteiger partial charge in [0, 0.05) is 12.6 Å². The van der Waals surface area contributed by atoms with Crippen molar-refractivity contribution in [1.29, 1.82) is 0 Å². The van der Waals surface area contributed by atoms with Crippen molar-refractivity contribution < 1.29 is 18.0 Å². The monoisotopic (exact) mass is 589 g/mol. The molecule has 2 amide bonds. The molecule has 0 spiro atoms. The Morgan fingerprint density at radius 2 is 1.62 bits per heavy atom. The number of nitrogens with one attached hydrogen (secondary N) is 1. The highest BCUT2D eigenvalue weighted by molar-refractivity contribution is 7.92. The molecule has 208 valence electrons. The highest BCUT2D eigenvalue weighted by Crippen LogP contribution is 2.35. The first kappa shape index (κ1) is 30.5. The summed E-state index contributed by atoms with van der Waals surface area (Å²) in [5, 5.41) is 3.06. The lowest BCUT2D eigenvalue weighted by Gasteiger charge is -2.32. The molecular formula is C29H33Cl2N3O4S. The van der Waals surface area contributed by atoms with Crippen molar-refractivity contribution in [3.05, 3.63) is 94.0 Å². The average Bonchev–Trinajstić information content (AvgIpc) is 2.92. The number of amides is 2. The maximum Gasteiger partial charge on any atom is 0.264 e. The molecule has 0 fully saturated rings. The quantitative estimate of drug-likeness (QED) is 0.305. The van der Waals surface area contributed by atoms with Crippen LogP contribution in [0.3, 0.4) is 0 Å². The number of sulfonamides is 1. The van der Waals surface area contributed by atoms with Crippen LogP contribution in [0, 0.1) is 6.92 Å². The van der Waals surface area contributed by atoms with E-state index in [9.17, 15) is 18.0 Å². The minimum Gasteiger partial charge on any atom is -0.352 e. The van der Waals surface area contributed by atoms with Crippen LogP contribution in [0.25, 0.3) is 0 Å². The summed E-state index contributed by atoms with van der Waals surface area (Å²) in [4.78, 5) is 28.4. The molecule has 0 bridgehead atoms. The number of carbonyl (C=O) groups is 2. The van der Waals surface area contributed by atoms with Crippen LogP contribution in [0.2, 0.25) is 10.0 Å². The van der Waals surface area contributed by atoms with Gasteiger partial charge in [0.05, 0.1) is 20.6 Å². The van der Waals surface area contributed by atoms with E-state index in [4.69, 9.17) is 23.2 Å². The minimum absolute atomic E-state index is 0.000677. The summed E-state index contributed by atoms with van der Waals surface area (Å²) in [5.41, 5.74) is 1.87. The molecule has 0 aliphatic rings. The molecule has 39 heavy (non-hydrogen) atoms. The molecule has 0 unspecified atom stereocenters. The molecule has 0 radical (unpaired) electrons. The van der Waals surface area contributed by atoms with E-state index >= 15 is 0 Å². The minimum atomic E-state index is -4.23. The highest BCUT2D eigenvalue weighted by atomic mass is 35.5. The van der Waals surface area contributed by atoms with Gasteiger partial charge in [-0.2, -0.15) is 0 Å². The second kappa shape index (κ2) is 13.3. The zero-order valence-electron chi connectivity index (χ0n) is 22.4. The maximum absolute atomic E-state index is 14.0. The van der Waals surface area contributed by atoms with Crippen molar-refractivity contribution in [3.63, 3.8) is 0 Å². The van der Waals surface area contributed by atoms with Crippen LogP contribution >= 0.6 is 23.2 Å². The van der Waals surface area contributed by atoms with Gasteiger partial charge in [-0.15, -0.1) is 0 Å². The summed E-state index contributed by atoms with van der Waals surface area (Å²) in [7, 11) is -4.23. The standard InChI is InChI=1S/C29H33Cl2N3O4S/c1-5-21(3)32-29(36)22(4)33(18-23-12-9-11-20(2)17-23)27(35)19-34(26-16-10-15-25(30)28(26)31)39(37,38)24-13-7-6-8-14-24/h6-17,21-22H,5,18-19H2,1-4H3,(H,32,36)/t21-,22-/m0/s1. The second-order valence-corrected chi connectivity index (χ2v) is 12.0. The molecule has 7 nitrogen and oxygen atoms in total. The van der Waals surface area contributed by atoms with E-state index in [1.54, 1.807) is 31.2 Å². The number of hydrogen-bond acceptors (Lipinski definition) is 4. The molecule has 1 N–H and O–H groups in total. The zero-order valence-corrected chi connectivity index (χ0v) is 24.7. The summed E-state index contributed by atoms with van der Waals surface area (Å²) in [6.45, 7) is 6.92. The Bertz CT molecular complexity index is 1420. The van der Waals surface area contributed by atoms with Gasteiger partial charge in [0.25, 0.3) is 10.0 Å². The highest BCUT2D eigenvalue weighted by Gasteiger charge is 2.33. The Hall–Kier alpha value is -3.07. The molecule has 0 aliphatic carbocycles. The number of rotatable bonds is 11. The van der Waals surface area contributed by atoms with E-state index in [0.717, 1.165) is 21.9 Å². The summed E-state index contributed by atoms with van der Waals surface area (Å²) < 4.78 is 28.6. The lowest BCUT2D eigenvalue weighted by Crippen LogP contribution is -2.52. The van der Waals surface area contributed by atoms with E-state index in [1.165, 1.54) is 29.2 Å². The first-order valence-corrected chi connectivity index (χ1v) is 14.8. The predicted octanol–water partition coefficient (Wildman–Crippen LogP) is 5.83. The summed E-state index contributed by atoms with van der Waals surface area (Å²) >= 11 is 12.7. The third-order valence-electron chi connectivity index (χ3n) is 6.41. The summed E-state index contributed by atoms with van der Waals surface area (Å²) in [6, 6.07) is 19.0. The predicted molar refractivity (Wildman–Crippen MR) is 157 cm³/mol. The fraction of sp³-hybridized carbons (Fsp3) is 0.310. The normalized spacial score (nSPS) is 12.9. The molecular weight excluding hydrogens is 557 g/mol. The van der Waals surface area contributed by atoms with Gasteiger partial charge in [-0.05, 0) is 57.0 Å². The van der Waals surface area contributed by atoms with Crippen molar-refractivity contribution in [2.75, 3.05) is 10.8 Å². The van der Waals surface area contributed by atoms with Gasteiger partial charge in [-0.1, -0.05) is 84.2 Å². The average molecular weight is 591 g/mol. The van der Waals surface area contributed by atoms with Crippen LogP contribution in [0.4, 0.5) is 5.69 Å². The van der Waals surface area contributed by atoms with Gasteiger partial charge in [-0.25, -0.2) is 8.42 Å². The molecule has 0 aromatic heterocycles. The third kappa shape index (κ3) is 7.53. The van der Waals surface area contributed by atoms with Crippen molar-refractivity contribution in [3.8, 4) is 0 Å². The SMILES string of the molecule is CC[C@H](C)NC(=O)[C@H](C)N(Cc1cccc(C)c1)C(=O)CN(c1cccc(Cl)c1Cl)S(=O)(=O)c1ccccc1. The molecule has 0 heterocycles. The number of carbonyl (C=O) groups excluding carboxylic acids is 2. The molecule has 2 atom stereocenters. The van der Waals surface area contributed by atoms with E-state index in [2.05, 4.69) is 5.32 Å².